The van der Waals surface area contributed by atoms with E-state index in [2.05, 4.69) is 21.2 Å². The molecule has 94 valence electrons. The van der Waals surface area contributed by atoms with Crippen LogP contribution < -0.4 is 5.32 Å². The van der Waals surface area contributed by atoms with Gasteiger partial charge in [0.15, 0.2) is 0 Å². The van der Waals surface area contributed by atoms with E-state index in [1.807, 2.05) is 24.3 Å². The molecule has 0 aromatic heterocycles. The van der Waals surface area contributed by atoms with Gasteiger partial charge in [0, 0.05) is 21.7 Å². The average molecular weight is 365 g/mol. The highest BCUT2D eigenvalue weighted by Crippen LogP contribution is 2.26. The summed E-state index contributed by atoms with van der Waals surface area (Å²) in [4.78, 5) is 0. The molecule has 0 aliphatic carbocycles. The summed E-state index contributed by atoms with van der Waals surface area (Å²) in [6.45, 7) is 0.621. The predicted molar refractivity (Wildman–Crippen MR) is 82.9 cm³/mol. The molecule has 2 rings (SSSR count). The van der Waals surface area contributed by atoms with Crippen molar-refractivity contribution in [1.82, 2.24) is 0 Å². The second-order valence-electron chi connectivity index (χ2n) is 3.72. The quantitative estimate of drug-likeness (QED) is 0.701. The number of hydrogen-bond donors (Lipinski definition) is 1. The molecule has 0 amide bonds. The van der Waals surface area contributed by atoms with Gasteiger partial charge in [-0.25, -0.2) is 0 Å². The van der Waals surface area contributed by atoms with Gasteiger partial charge in [0.25, 0.3) is 0 Å². The van der Waals surface area contributed by atoms with Gasteiger partial charge in [0.2, 0.25) is 0 Å². The highest BCUT2D eigenvalue weighted by molar-refractivity contribution is 9.10. The molecule has 0 atom stereocenters. The zero-order valence-corrected chi connectivity index (χ0v) is 13.0. The van der Waals surface area contributed by atoms with Crippen LogP contribution in [0.5, 0.6) is 0 Å². The van der Waals surface area contributed by atoms with Crippen molar-refractivity contribution < 1.29 is 0 Å². The first-order valence-electron chi connectivity index (χ1n) is 5.19. The van der Waals surface area contributed by atoms with Crippen LogP contribution in [0.25, 0.3) is 0 Å². The Hall–Kier alpha value is -0.410. The summed E-state index contributed by atoms with van der Waals surface area (Å²) >= 11 is 21.3. The molecule has 2 aromatic carbocycles. The third-order valence-corrected chi connectivity index (χ3v) is 4.01. The summed E-state index contributed by atoms with van der Waals surface area (Å²) in [6.07, 6.45) is 0. The SMILES string of the molecule is Clc1ccc(NCc2cc(Br)ccc2Cl)cc1Cl. The Morgan fingerprint density at radius 3 is 2.33 bits per heavy atom. The zero-order chi connectivity index (χ0) is 13.1. The second kappa shape index (κ2) is 6.16. The van der Waals surface area contributed by atoms with E-state index < -0.39 is 0 Å². The molecule has 2 aromatic rings. The maximum Gasteiger partial charge on any atom is 0.0612 e. The topological polar surface area (TPSA) is 12.0 Å². The fraction of sp³-hybridized carbons (Fsp3) is 0.0769. The molecule has 0 heterocycles. The first kappa shape index (κ1) is 14.0. The molecule has 0 saturated carbocycles. The van der Waals surface area contributed by atoms with E-state index in [1.54, 1.807) is 12.1 Å². The van der Waals surface area contributed by atoms with Crippen LogP contribution in [0.2, 0.25) is 15.1 Å². The minimum absolute atomic E-state index is 0.530. The van der Waals surface area contributed by atoms with E-state index in [0.717, 1.165) is 20.7 Å². The lowest BCUT2D eigenvalue weighted by atomic mass is 10.2. The van der Waals surface area contributed by atoms with Crippen molar-refractivity contribution in [1.29, 1.82) is 0 Å². The lowest BCUT2D eigenvalue weighted by molar-refractivity contribution is 1.15. The van der Waals surface area contributed by atoms with Gasteiger partial charge in [-0.2, -0.15) is 0 Å². The lowest BCUT2D eigenvalue weighted by Gasteiger charge is -2.09. The van der Waals surface area contributed by atoms with Crippen LogP contribution in [0.15, 0.2) is 40.9 Å². The van der Waals surface area contributed by atoms with Crippen LogP contribution in [-0.2, 0) is 6.54 Å². The molecule has 18 heavy (non-hydrogen) atoms. The molecule has 0 radical (unpaired) electrons. The summed E-state index contributed by atoms with van der Waals surface area (Å²) in [6, 6.07) is 11.2. The van der Waals surface area contributed by atoms with Crippen LogP contribution >= 0.6 is 50.7 Å². The van der Waals surface area contributed by atoms with E-state index in [1.165, 1.54) is 0 Å². The molecule has 0 spiro atoms. The van der Waals surface area contributed by atoms with Crippen LogP contribution in [0, 0.1) is 0 Å². The van der Waals surface area contributed by atoms with Crippen LogP contribution in [0.1, 0.15) is 5.56 Å². The van der Waals surface area contributed by atoms with E-state index in [4.69, 9.17) is 34.8 Å². The third-order valence-electron chi connectivity index (χ3n) is 2.41. The van der Waals surface area contributed by atoms with Crippen LogP contribution in [0.4, 0.5) is 5.69 Å². The van der Waals surface area contributed by atoms with Gasteiger partial charge in [-0.3, -0.25) is 0 Å². The molecular weight excluding hydrogens is 356 g/mol. The number of anilines is 1. The van der Waals surface area contributed by atoms with Crippen molar-refractivity contribution in [2.75, 3.05) is 5.32 Å². The highest BCUT2D eigenvalue weighted by atomic mass is 79.9. The molecule has 0 saturated heterocycles. The molecule has 1 nitrogen and oxygen atoms in total. The van der Waals surface area contributed by atoms with Gasteiger partial charge in [-0.15, -0.1) is 0 Å². The fourth-order valence-electron chi connectivity index (χ4n) is 1.48. The van der Waals surface area contributed by atoms with Gasteiger partial charge >= 0.3 is 0 Å². The lowest BCUT2D eigenvalue weighted by Crippen LogP contribution is -2.00. The number of nitrogens with one attached hydrogen (secondary N) is 1. The third kappa shape index (κ3) is 3.55. The number of benzene rings is 2. The van der Waals surface area contributed by atoms with E-state index in [-0.39, 0.29) is 0 Å². The number of rotatable bonds is 3. The van der Waals surface area contributed by atoms with Gasteiger partial charge < -0.3 is 5.32 Å². The Balaban J connectivity index is 2.11. The van der Waals surface area contributed by atoms with Gasteiger partial charge in [0.1, 0.15) is 0 Å². The number of hydrogen-bond acceptors (Lipinski definition) is 1. The second-order valence-corrected chi connectivity index (χ2v) is 5.86. The minimum atomic E-state index is 0.530. The molecule has 0 bridgehead atoms. The van der Waals surface area contributed by atoms with Gasteiger partial charge in [0.05, 0.1) is 10.0 Å². The Morgan fingerprint density at radius 1 is 0.889 bits per heavy atom. The maximum absolute atomic E-state index is 6.11. The fourth-order valence-corrected chi connectivity index (χ4v) is 2.37. The average Bonchev–Trinajstić information content (AvgIpc) is 2.34. The van der Waals surface area contributed by atoms with E-state index in [0.29, 0.717) is 16.6 Å². The standard InChI is InChI=1S/C13H9BrCl3N/c14-9-1-3-11(15)8(5-9)7-18-10-2-4-12(16)13(17)6-10/h1-6,18H,7H2. The first-order valence-corrected chi connectivity index (χ1v) is 7.12. The summed E-state index contributed by atoms with van der Waals surface area (Å²) in [5.74, 6) is 0. The summed E-state index contributed by atoms with van der Waals surface area (Å²) in [5.41, 5.74) is 1.91. The molecule has 0 aliphatic heterocycles. The summed E-state index contributed by atoms with van der Waals surface area (Å²) < 4.78 is 0.998. The first-order chi connectivity index (χ1) is 8.56. The Labute approximate surface area is 129 Å². The number of halogens is 4. The predicted octanol–water partition coefficient (Wildman–Crippen LogP) is 6.02. The Morgan fingerprint density at radius 2 is 1.61 bits per heavy atom. The van der Waals surface area contributed by atoms with Gasteiger partial charge in [-0.1, -0.05) is 50.7 Å². The van der Waals surface area contributed by atoms with Crippen molar-refractivity contribution in [3.63, 3.8) is 0 Å². The Kier molecular flexibility index (Phi) is 4.79. The Bertz CT molecular complexity index is 572. The summed E-state index contributed by atoms with van der Waals surface area (Å²) in [7, 11) is 0. The maximum atomic E-state index is 6.11. The molecule has 0 unspecified atom stereocenters. The highest BCUT2D eigenvalue weighted by Gasteiger charge is 2.03. The smallest absolute Gasteiger partial charge is 0.0612 e. The molecule has 1 N–H and O–H groups in total. The molecule has 5 heteroatoms. The molecule has 0 fully saturated rings. The molecule has 0 aliphatic rings. The van der Waals surface area contributed by atoms with Crippen molar-refractivity contribution in [3.8, 4) is 0 Å². The van der Waals surface area contributed by atoms with Crippen LogP contribution in [-0.4, -0.2) is 0 Å². The van der Waals surface area contributed by atoms with Gasteiger partial charge in [-0.05, 0) is 42.0 Å². The monoisotopic (exact) mass is 363 g/mol. The van der Waals surface area contributed by atoms with Crippen molar-refractivity contribution in [2.24, 2.45) is 0 Å². The minimum Gasteiger partial charge on any atom is -0.381 e. The molecular formula is C13H9BrCl3N. The van der Waals surface area contributed by atoms with Crippen molar-refractivity contribution in [3.05, 3.63) is 61.5 Å². The summed E-state index contributed by atoms with van der Waals surface area (Å²) in [5, 5.41) is 5.05. The van der Waals surface area contributed by atoms with Crippen molar-refractivity contribution >= 4 is 56.4 Å². The van der Waals surface area contributed by atoms with Crippen LogP contribution in [0.3, 0.4) is 0 Å². The van der Waals surface area contributed by atoms with E-state index >= 15 is 0 Å². The largest absolute Gasteiger partial charge is 0.381 e. The zero-order valence-electron chi connectivity index (χ0n) is 9.18. The van der Waals surface area contributed by atoms with E-state index in [9.17, 15) is 0 Å². The van der Waals surface area contributed by atoms with Crippen molar-refractivity contribution in [2.45, 2.75) is 6.54 Å². The normalized spacial score (nSPS) is 10.4.